The molecule has 3 aliphatic rings. The third-order valence-corrected chi connectivity index (χ3v) is 6.91. The fourth-order valence-electron chi connectivity index (χ4n) is 4.50. The molecule has 0 unspecified atom stereocenters. The molecule has 0 bridgehead atoms. The van der Waals surface area contributed by atoms with Gasteiger partial charge in [0.1, 0.15) is 17.4 Å². The van der Waals surface area contributed by atoms with Gasteiger partial charge in [-0.2, -0.15) is 0 Å². The number of nitrogens with zero attached hydrogens (tertiary/aromatic N) is 2. The lowest BCUT2D eigenvalue weighted by molar-refractivity contribution is -0.385. The molecule has 35 heavy (non-hydrogen) atoms. The van der Waals surface area contributed by atoms with E-state index in [0.717, 1.165) is 50.4 Å². The van der Waals surface area contributed by atoms with Gasteiger partial charge in [0.2, 0.25) is 0 Å². The first-order valence-electron chi connectivity index (χ1n) is 12.3. The van der Waals surface area contributed by atoms with Gasteiger partial charge in [0, 0.05) is 42.5 Å². The molecule has 2 saturated carbocycles. The van der Waals surface area contributed by atoms with Crippen LogP contribution in [0, 0.1) is 17.0 Å². The topological polar surface area (TPSA) is 114 Å². The fraction of sp³-hybridized carbons (Fsp3) is 0.462. The van der Waals surface area contributed by atoms with Crippen LogP contribution in [0.3, 0.4) is 0 Å². The number of carbonyl (C=O) groups excluding carboxylic acids is 2. The Balaban J connectivity index is 1.31. The van der Waals surface area contributed by atoms with Crippen molar-refractivity contribution in [2.24, 2.45) is 0 Å². The van der Waals surface area contributed by atoms with Crippen LogP contribution in [-0.4, -0.2) is 52.9 Å². The average molecular weight is 479 g/mol. The van der Waals surface area contributed by atoms with E-state index in [9.17, 15) is 19.7 Å². The minimum atomic E-state index is -0.617. The zero-order chi connectivity index (χ0) is 24.5. The standard InChI is InChI=1S/C26H30N4O5/c1-16-2-3-17(25(31)27-18-4-5-18)14-23(16)28-26(32)22-15-21(8-9-24(22)30(33)34)35-20-10-12-29(13-11-20)19-6-7-19/h2-3,8-9,14-15,18-20H,4-7,10-13H2,1H3,(H,27,31)(H,28,32). The van der Waals surface area contributed by atoms with Gasteiger partial charge in [-0.1, -0.05) is 6.07 Å². The van der Waals surface area contributed by atoms with E-state index in [-0.39, 0.29) is 29.3 Å². The molecule has 5 rings (SSSR count). The van der Waals surface area contributed by atoms with E-state index in [2.05, 4.69) is 15.5 Å². The summed E-state index contributed by atoms with van der Waals surface area (Å²) in [6.45, 7) is 3.78. The monoisotopic (exact) mass is 478 g/mol. The van der Waals surface area contributed by atoms with Crippen molar-refractivity contribution in [1.29, 1.82) is 0 Å². The Morgan fingerprint density at radius 2 is 1.74 bits per heavy atom. The van der Waals surface area contributed by atoms with Crippen LogP contribution in [0.2, 0.25) is 0 Å². The number of nitrogens with one attached hydrogen (secondary N) is 2. The number of carbonyl (C=O) groups is 2. The highest BCUT2D eigenvalue weighted by Crippen LogP contribution is 2.32. The zero-order valence-corrected chi connectivity index (χ0v) is 19.8. The first-order valence-corrected chi connectivity index (χ1v) is 12.3. The minimum Gasteiger partial charge on any atom is -0.490 e. The molecule has 2 aliphatic carbocycles. The van der Waals surface area contributed by atoms with Gasteiger partial charge in [-0.15, -0.1) is 0 Å². The number of ether oxygens (including phenoxy) is 1. The molecule has 0 aromatic heterocycles. The number of hydrogen-bond acceptors (Lipinski definition) is 6. The third kappa shape index (κ3) is 5.62. The van der Waals surface area contributed by atoms with Gasteiger partial charge < -0.3 is 20.3 Å². The Morgan fingerprint density at radius 1 is 1.00 bits per heavy atom. The molecule has 2 amide bonds. The van der Waals surface area contributed by atoms with Crippen LogP contribution >= 0.6 is 0 Å². The Morgan fingerprint density at radius 3 is 2.40 bits per heavy atom. The quantitative estimate of drug-likeness (QED) is 0.437. The Labute approximate surface area is 204 Å². The number of piperidine rings is 1. The second-order valence-electron chi connectivity index (χ2n) is 9.75. The summed E-state index contributed by atoms with van der Waals surface area (Å²) in [5.41, 5.74) is 1.25. The highest BCUT2D eigenvalue weighted by Gasteiger charge is 2.32. The molecule has 0 radical (unpaired) electrons. The Kier molecular flexibility index (Phi) is 6.42. The molecule has 0 spiro atoms. The molecule has 1 saturated heterocycles. The maximum atomic E-state index is 13.2. The van der Waals surface area contributed by atoms with Crippen LogP contribution in [0.25, 0.3) is 0 Å². The summed E-state index contributed by atoms with van der Waals surface area (Å²) >= 11 is 0. The molecule has 3 fully saturated rings. The molecule has 2 aromatic rings. The predicted molar refractivity (Wildman–Crippen MR) is 131 cm³/mol. The lowest BCUT2D eigenvalue weighted by atomic mass is 10.1. The van der Waals surface area contributed by atoms with Crippen molar-refractivity contribution in [2.75, 3.05) is 18.4 Å². The molecule has 9 nitrogen and oxygen atoms in total. The van der Waals surface area contributed by atoms with Crippen molar-refractivity contribution in [2.45, 2.75) is 63.6 Å². The SMILES string of the molecule is Cc1ccc(C(=O)NC2CC2)cc1NC(=O)c1cc(OC2CCN(C3CC3)CC2)ccc1[N+](=O)[O-]. The summed E-state index contributed by atoms with van der Waals surface area (Å²) in [5.74, 6) is -0.370. The van der Waals surface area contributed by atoms with Crippen LogP contribution in [0.4, 0.5) is 11.4 Å². The van der Waals surface area contributed by atoms with Crippen LogP contribution in [-0.2, 0) is 0 Å². The molecule has 1 aliphatic heterocycles. The van der Waals surface area contributed by atoms with E-state index in [1.165, 1.54) is 25.0 Å². The van der Waals surface area contributed by atoms with E-state index in [0.29, 0.717) is 17.0 Å². The summed E-state index contributed by atoms with van der Waals surface area (Å²) in [6, 6.07) is 10.3. The Hall–Kier alpha value is -3.46. The zero-order valence-electron chi connectivity index (χ0n) is 19.8. The Bertz CT molecular complexity index is 1150. The van der Waals surface area contributed by atoms with Gasteiger partial charge in [-0.25, -0.2) is 0 Å². The number of likely N-dealkylation sites (tertiary alicyclic amines) is 1. The maximum absolute atomic E-state index is 13.2. The van der Waals surface area contributed by atoms with E-state index < -0.39 is 10.8 Å². The van der Waals surface area contributed by atoms with Gasteiger partial charge in [0.05, 0.1) is 4.92 Å². The second kappa shape index (κ2) is 9.65. The number of hydrogen-bond donors (Lipinski definition) is 2. The van der Waals surface area contributed by atoms with Crippen LogP contribution in [0.15, 0.2) is 36.4 Å². The number of amides is 2. The fourth-order valence-corrected chi connectivity index (χ4v) is 4.50. The largest absolute Gasteiger partial charge is 0.490 e. The third-order valence-electron chi connectivity index (χ3n) is 6.91. The van der Waals surface area contributed by atoms with Crippen LogP contribution in [0.1, 0.15) is 64.8 Å². The van der Waals surface area contributed by atoms with E-state index in [1.807, 2.05) is 0 Å². The van der Waals surface area contributed by atoms with Crippen molar-refractivity contribution in [3.63, 3.8) is 0 Å². The minimum absolute atomic E-state index is 0.0197. The smallest absolute Gasteiger partial charge is 0.282 e. The summed E-state index contributed by atoms with van der Waals surface area (Å²) in [6.07, 6.45) is 6.31. The number of benzene rings is 2. The first-order chi connectivity index (χ1) is 16.9. The number of anilines is 1. The molecule has 2 aromatic carbocycles. The highest BCUT2D eigenvalue weighted by atomic mass is 16.6. The summed E-state index contributed by atoms with van der Waals surface area (Å²) in [4.78, 5) is 39.1. The van der Waals surface area contributed by atoms with Crippen LogP contribution in [0.5, 0.6) is 5.75 Å². The van der Waals surface area contributed by atoms with Gasteiger partial charge in [0.15, 0.2) is 0 Å². The lowest BCUT2D eigenvalue weighted by Gasteiger charge is -2.32. The van der Waals surface area contributed by atoms with Crippen molar-refractivity contribution in [1.82, 2.24) is 10.2 Å². The van der Waals surface area contributed by atoms with E-state index >= 15 is 0 Å². The number of nitro groups is 1. The molecule has 9 heteroatoms. The van der Waals surface area contributed by atoms with Gasteiger partial charge >= 0.3 is 0 Å². The van der Waals surface area contributed by atoms with Gasteiger partial charge in [-0.05, 0) is 75.3 Å². The number of aryl methyl sites for hydroxylation is 1. The highest BCUT2D eigenvalue weighted by molar-refractivity contribution is 6.08. The summed E-state index contributed by atoms with van der Waals surface area (Å²) in [5, 5.41) is 17.3. The second-order valence-corrected chi connectivity index (χ2v) is 9.75. The lowest BCUT2D eigenvalue weighted by Crippen LogP contribution is -2.39. The van der Waals surface area contributed by atoms with Gasteiger partial charge in [-0.3, -0.25) is 19.7 Å². The van der Waals surface area contributed by atoms with Crippen molar-refractivity contribution in [3.05, 3.63) is 63.2 Å². The average Bonchev–Trinajstić information content (AvgIpc) is 3.76. The molecule has 1 heterocycles. The maximum Gasteiger partial charge on any atom is 0.282 e. The van der Waals surface area contributed by atoms with Crippen LogP contribution < -0.4 is 15.4 Å². The molecule has 0 atom stereocenters. The molecule has 2 N–H and O–H groups in total. The van der Waals surface area contributed by atoms with E-state index in [1.54, 1.807) is 31.2 Å². The molecule has 184 valence electrons. The predicted octanol–water partition coefficient (Wildman–Crippen LogP) is 4.05. The van der Waals surface area contributed by atoms with Crippen molar-refractivity contribution in [3.8, 4) is 5.75 Å². The molecular weight excluding hydrogens is 448 g/mol. The summed E-state index contributed by atoms with van der Waals surface area (Å²) < 4.78 is 6.11. The van der Waals surface area contributed by atoms with Gasteiger partial charge in [0.25, 0.3) is 17.5 Å². The summed E-state index contributed by atoms with van der Waals surface area (Å²) in [7, 11) is 0. The number of nitro benzene ring substituents is 1. The van der Waals surface area contributed by atoms with E-state index in [4.69, 9.17) is 4.74 Å². The van der Waals surface area contributed by atoms with Crippen molar-refractivity contribution >= 4 is 23.2 Å². The normalized spacial score (nSPS) is 18.7. The molecular formula is C26H30N4O5. The first kappa shape index (κ1) is 23.3. The number of rotatable bonds is 8. The van der Waals surface area contributed by atoms with Crippen molar-refractivity contribution < 1.29 is 19.2 Å².